The molecule has 3 amide bonds. The molecule has 0 spiro atoms. The Hall–Kier alpha value is -5.50. The van der Waals surface area contributed by atoms with Crippen molar-refractivity contribution in [2.24, 2.45) is 0 Å². The Morgan fingerprint density at radius 1 is 0.981 bits per heavy atom. The van der Waals surface area contributed by atoms with Crippen molar-refractivity contribution in [1.29, 1.82) is 0 Å². The molecule has 0 bridgehead atoms. The quantitative estimate of drug-likeness (QED) is 0.125. The lowest BCUT2D eigenvalue weighted by atomic mass is 10.0. The number of carbonyl (C=O) groups excluding carboxylic acids is 3. The number of ether oxygens (including phenoxy) is 1. The van der Waals surface area contributed by atoms with Gasteiger partial charge in [0.25, 0.3) is 0 Å². The van der Waals surface area contributed by atoms with Crippen LogP contribution in [0.15, 0.2) is 89.6 Å². The molecular weight excluding hydrogens is 689 g/mol. The molecule has 53 heavy (non-hydrogen) atoms. The normalized spacial score (nSPS) is 14.0. The second-order valence-corrected chi connectivity index (χ2v) is 12.9. The Morgan fingerprint density at radius 2 is 1.70 bits per heavy atom. The van der Waals surface area contributed by atoms with E-state index in [-0.39, 0.29) is 44.5 Å². The fourth-order valence-corrected chi connectivity index (χ4v) is 5.96. The van der Waals surface area contributed by atoms with E-state index in [9.17, 15) is 27.6 Å². The van der Waals surface area contributed by atoms with Crippen LogP contribution in [0.5, 0.6) is 0 Å². The van der Waals surface area contributed by atoms with Gasteiger partial charge in [-0.1, -0.05) is 53.7 Å². The monoisotopic (exact) mass is 732 g/mol. The zero-order valence-corrected chi connectivity index (χ0v) is 30.0. The summed E-state index contributed by atoms with van der Waals surface area (Å²) in [5, 5.41) is 3.92. The molecule has 2 aromatic heterocycles. The maximum absolute atomic E-state index is 14.3. The summed E-state index contributed by atoms with van der Waals surface area (Å²) < 4.78 is 50.1. The summed E-state index contributed by atoms with van der Waals surface area (Å²) in [5.74, 6) is -0.106. The predicted molar refractivity (Wildman–Crippen MR) is 192 cm³/mol. The third-order valence-electron chi connectivity index (χ3n) is 8.96. The van der Waals surface area contributed by atoms with Gasteiger partial charge in [0, 0.05) is 83.7 Å². The molecule has 1 aliphatic rings. The Balaban J connectivity index is 1.38. The maximum Gasteiger partial charge on any atom is 0.433 e. The molecule has 0 saturated carbocycles. The largest absolute Gasteiger partial charge is 0.433 e. The zero-order chi connectivity index (χ0) is 38.0. The molecule has 1 fully saturated rings. The molecule has 1 atom stereocenters. The van der Waals surface area contributed by atoms with Crippen molar-refractivity contribution in [2.45, 2.75) is 45.6 Å². The van der Waals surface area contributed by atoms with E-state index in [1.165, 1.54) is 28.0 Å². The van der Waals surface area contributed by atoms with E-state index in [0.717, 1.165) is 29.1 Å². The first kappa shape index (κ1) is 38.7. The fraction of sp³-hybridized carbons (Fsp3) is 0.359. The SMILES string of the molecule is CC(=O)N1CCN(c2ccc(CN(C(=O)C=Cc3ccc(C(F)(F)F)nc3)[C@@H](Cc3ccccc3)C(=O)N(C)CCOCc3cc(C)on3)cc2)CC1. The molecule has 0 aliphatic carbocycles. The molecule has 5 rings (SSSR count). The Labute approximate surface area is 306 Å². The lowest BCUT2D eigenvalue weighted by molar-refractivity contribution is -0.143. The van der Waals surface area contributed by atoms with E-state index in [4.69, 9.17) is 9.26 Å². The van der Waals surface area contributed by atoms with Gasteiger partial charge < -0.3 is 28.9 Å². The van der Waals surface area contributed by atoms with Crippen molar-refractivity contribution < 1.29 is 36.8 Å². The lowest BCUT2D eigenvalue weighted by Crippen LogP contribution is -2.51. The van der Waals surface area contributed by atoms with Gasteiger partial charge >= 0.3 is 6.18 Å². The van der Waals surface area contributed by atoms with E-state index >= 15 is 0 Å². The number of benzene rings is 2. The molecule has 2 aromatic carbocycles. The van der Waals surface area contributed by atoms with Gasteiger partial charge in [0.05, 0.1) is 13.2 Å². The molecule has 0 radical (unpaired) electrons. The molecule has 4 aromatic rings. The van der Waals surface area contributed by atoms with Crippen LogP contribution in [0, 0.1) is 6.92 Å². The highest BCUT2D eigenvalue weighted by Gasteiger charge is 2.33. The van der Waals surface area contributed by atoms with Crippen LogP contribution in [0.2, 0.25) is 0 Å². The van der Waals surface area contributed by atoms with Crippen molar-refractivity contribution in [3.05, 3.63) is 119 Å². The first-order valence-corrected chi connectivity index (χ1v) is 17.3. The van der Waals surface area contributed by atoms with Crippen molar-refractivity contribution >= 4 is 29.5 Å². The number of aryl methyl sites for hydroxylation is 1. The topological polar surface area (TPSA) is 112 Å². The predicted octanol–water partition coefficient (Wildman–Crippen LogP) is 5.39. The first-order valence-electron chi connectivity index (χ1n) is 17.3. The number of nitrogens with zero attached hydrogens (tertiary/aromatic N) is 6. The van der Waals surface area contributed by atoms with Crippen LogP contribution >= 0.6 is 0 Å². The fourth-order valence-electron chi connectivity index (χ4n) is 5.96. The molecule has 280 valence electrons. The summed E-state index contributed by atoms with van der Waals surface area (Å²) in [5.41, 5.74) is 2.47. The highest BCUT2D eigenvalue weighted by atomic mass is 19.4. The van der Waals surface area contributed by atoms with Crippen LogP contribution in [-0.2, 0) is 44.9 Å². The third kappa shape index (κ3) is 11.0. The number of rotatable bonds is 14. The molecule has 1 saturated heterocycles. The van der Waals surface area contributed by atoms with E-state index < -0.39 is 23.8 Å². The van der Waals surface area contributed by atoms with E-state index in [0.29, 0.717) is 43.2 Å². The summed E-state index contributed by atoms with van der Waals surface area (Å²) in [6.07, 6.45) is -0.693. The minimum Gasteiger partial charge on any atom is -0.373 e. The minimum atomic E-state index is -4.59. The average Bonchev–Trinajstić information content (AvgIpc) is 3.58. The van der Waals surface area contributed by atoms with Crippen molar-refractivity contribution in [2.75, 3.05) is 51.3 Å². The van der Waals surface area contributed by atoms with Gasteiger partial charge in [0.1, 0.15) is 23.2 Å². The third-order valence-corrected chi connectivity index (χ3v) is 8.96. The number of amides is 3. The summed E-state index contributed by atoms with van der Waals surface area (Å²) in [6, 6.07) is 20.0. The van der Waals surface area contributed by atoms with E-state index in [1.54, 1.807) is 27.0 Å². The number of hydrogen-bond donors (Lipinski definition) is 0. The van der Waals surface area contributed by atoms with Crippen LogP contribution in [0.3, 0.4) is 0 Å². The molecule has 1 aliphatic heterocycles. The number of pyridine rings is 1. The number of halogens is 3. The van der Waals surface area contributed by atoms with Crippen LogP contribution in [-0.4, -0.2) is 95.0 Å². The number of anilines is 1. The van der Waals surface area contributed by atoms with Gasteiger partial charge in [-0.15, -0.1) is 0 Å². The van der Waals surface area contributed by atoms with E-state index in [2.05, 4.69) is 15.0 Å². The summed E-state index contributed by atoms with van der Waals surface area (Å²) in [7, 11) is 1.65. The van der Waals surface area contributed by atoms with Crippen LogP contribution in [0.25, 0.3) is 6.08 Å². The average molecular weight is 733 g/mol. The highest BCUT2D eigenvalue weighted by Crippen LogP contribution is 2.27. The molecule has 3 heterocycles. The van der Waals surface area contributed by atoms with Gasteiger partial charge in [-0.2, -0.15) is 13.2 Å². The van der Waals surface area contributed by atoms with Crippen molar-refractivity contribution in [3.63, 3.8) is 0 Å². The number of hydrogen-bond acceptors (Lipinski definition) is 8. The van der Waals surface area contributed by atoms with Gasteiger partial charge in [-0.05, 0) is 47.9 Å². The number of aromatic nitrogens is 2. The highest BCUT2D eigenvalue weighted by molar-refractivity contribution is 5.95. The maximum atomic E-state index is 14.3. The van der Waals surface area contributed by atoms with Gasteiger partial charge in [-0.3, -0.25) is 19.4 Å². The second kappa shape index (κ2) is 17.8. The summed E-state index contributed by atoms with van der Waals surface area (Å²) in [6.45, 7) is 6.72. The number of carbonyl (C=O) groups is 3. The van der Waals surface area contributed by atoms with Gasteiger partial charge in [-0.25, -0.2) is 0 Å². The molecule has 11 nitrogen and oxygen atoms in total. The standard InChI is InChI=1S/C39H43F3N6O5/c1-28-23-33(44-53-28)27-52-22-21-45(3)38(51)35(24-30-7-5-4-6-8-30)48(37(50)16-12-31-11-15-36(43-25-31)39(40,41)42)26-32-9-13-34(14-10-32)47-19-17-46(18-20-47)29(2)49/h4-16,23,25,35H,17-22,24,26-27H2,1-3H3/t35-/m0/s1. The Bertz CT molecular complexity index is 1840. The number of likely N-dealkylation sites (N-methyl/N-ethyl adjacent to an activating group) is 1. The van der Waals surface area contributed by atoms with Crippen LogP contribution in [0.1, 0.15) is 40.8 Å². The Kier molecular flexibility index (Phi) is 13.0. The summed E-state index contributed by atoms with van der Waals surface area (Å²) >= 11 is 0. The second-order valence-electron chi connectivity index (χ2n) is 12.9. The number of piperazine rings is 1. The van der Waals surface area contributed by atoms with E-state index in [1.807, 2.05) is 59.5 Å². The van der Waals surface area contributed by atoms with Crippen molar-refractivity contribution in [3.8, 4) is 0 Å². The molecule has 14 heteroatoms. The van der Waals surface area contributed by atoms with Gasteiger partial charge in [0.15, 0.2) is 0 Å². The minimum absolute atomic E-state index is 0.0489. The lowest BCUT2D eigenvalue weighted by Gasteiger charge is -2.36. The summed E-state index contributed by atoms with van der Waals surface area (Å²) in [4.78, 5) is 50.7. The zero-order valence-electron chi connectivity index (χ0n) is 30.0. The molecular formula is C39H43F3N6O5. The number of alkyl halides is 3. The van der Waals surface area contributed by atoms with Gasteiger partial charge in [0.2, 0.25) is 17.7 Å². The van der Waals surface area contributed by atoms with Crippen LogP contribution < -0.4 is 4.90 Å². The smallest absolute Gasteiger partial charge is 0.373 e. The molecule has 0 unspecified atom stereocenters. The first-order chi connectivity index (χ1) is 25.4. The Morgan fingerprint density at radius 3 is 2.30 bits per heavy atom. The molecule has 0 N–H and O–H groups in total. The van der Waals surface area contributed by atoms with Crippen LogP contribution in [0.4, 0.5) is 18.9 Å². The van der Waals surface area contributed by atoms with Crippen molar-refractivity contribution in [1.82, 2.24) is 24.8 Å².